The maximum absolute atomic E-state index is 6.25. The molecule has 0 aromatic heterocycles. The molecule has 19 valence electrons. The van der Waals surface area contributed by atoms with Crippen LogP contribution < -0.4 is 18.9 Å². The summed E-state index contributed by atoms with van der Waals surface area (Å²) in [5, 5.41) is 6.25. The van der Waals surface area contributed by atoms with Crippen LogP contribution in [0.5, 0.6) is 0 Å². The first-order chi connectivity index (χ1) is 1.00. The van der Waals surface area contributed by atoms with Crippen molar-refractivity contribution in [2.45, 2.75) is 0 Å². The normalized spacial score (nSPS) is 0.500. The van der Waals surface area contributed by atoms with Crippen LogP contribution in [0.15, 0.2) is 0 Å². The van der Waals surface area contributed by atoms with Gasteiger partial charge in [-0.3, -0.25) is 0 Å². The van der Waals surface area contributed by atoms with Crippen molar-refractivity contribution in [3.8, 4) is 0 Å². The second-order valence-corrected chi connectivity index (χ2v) is 0. The zero-order valence-electron chi connectivity index (χ0n) is 2.28. The van der Waals surface area contributed by atoms with Gasteiger partial charge in [0.25, 0.3) is 0 Å². The van der Waals surface area contributed by atoms with Gasteiger partial charge in [-0.05, 0) is 0 Å². The van der Waals surface area contributed by atoms with Crippen LogP contribution in [0, 0.1) is 11.8 Å². The molecule has 0 heterocycles. The molecule has 0 bridgehead atoms. The van der Waals surface area contributed by atoms with E-state index in [-0.39, 0.29) is 38.3 Å². The molecule has 0 rings (SSSR count). The Balaban J connectivity index is -0.00000000500. The maximum atomic E-state index is 6.25. The van der Waals surface area contributed by atoms with Crippen LogP contribution in [-0.4, -0.2) is 0 Å². The predicted molar refractivity (Wildman–Crippen MR) is 4.97 cm³/mol. The van der Waals surface area contributed by atoms with Crippen molar-refractivity contribution in [3.63, 3.8) is 0 Å². The first-order valence-electron chi connectivity index (χ1n) is 0.224. The number of nitrogens with zero attached hydrogens (tertiary/aromatic N) is 1. The molecule has 0 spiro atoms. The van der Waals surface area contributed by atoms with Crippen LogP contribution in [0.3, 0.4) is 0 Å². The number of hydrogen-bond donors (Lipinski definition) is 0. The summed E-state index contributed by atoms with van der Waals surface area (Å²) in [5.74, 6) is 0. The summed E-state index contributed by atoms with van der Waals surface area (Å²) in [6, 6.07) is 0. The van der Waals surface area contributed by atoms with Gasteiger partial charge in [0.15, 0.2) is 0 Å². The molecule has 0 fully saturated rings. The maximum Gasteiger partial charge on any atom is 1.00 e. The van der Waals surface area contributed by atoms with Gasteiger partial charge in [0.2, 0.25) is 0 Å². The molecule has 0 amide bonds. The van der Waals surface area contributed by atoms with Gasteiger partial charge in [0, 0.05) is 19.5 Å². The Kier molecular flexibility index (Phi) is 299. The van der Waals surface area contributed by atoms with E-state index in [0.717, 1.165) is 0 Å². The summed E-state index contributed by atoms with van der Waals surface area (Å²) in [6.45, 7) is 4.75. The largest absolute Gasteiger partial charge is 1.00 e. The molecule has 0 unspecified atom stereocenters. The molecule has 0 N–H and O–H groups in total. The minimum atomic E-state index is 0. The minimum absolute atomic E-state index is 0. The number of hydrogen-bond acceptors (Lipinski definition) is 1. The summed E-state index contributed by atoms with van der Waals surface area (Å²) in [6.07, 6.45) is 0. The fraction of sp³-hybridized carbons (Fsp3) is 0. The molecule has 0 aromatic rings. The topological polar surface area (TPSA) is 23.8 Å². The Bertz CT molecular complexity index is 12.8. The van der Waals surface area contributed by atoms with E-state index in [2.05, 4.69) is 0 Å². The molecule has 0 aliphatic rings. The Morgan fingerprint density at radius 2 is 1.25 bits per heavy atom. The molecule has 1 nitrogen and oxygen atoms in total. The fourth-order valence-electron chi connectivity index (χ4n) is 0. The van der Waals surface area contributed by atoms with E-state index in [0.29, 0.717) is 0 Å². The zero-order valence-corrected chi connectivity index (χ0v) is 3.92. The van der Waals surface area contributed by atoms with Gasteiger partial charge in [-0.25, -0.2) is 0 Å². The van der Waals surface area contributed by atoms with Gasteiger partial charge in [-0.2, -0.15) is 0 Å². The van der Waals surface area contributed by atoms with E-state index < -0.39 is 0 Å². The third kappa shape index (κ3) is 15.7. The average molecular weight is 136 g/mol. The predicted octanol–water partition coefficient (Wildman–Crippen LogP) is -2.90. The van der Waals surface area contributed by atoms with Crippen molar-refractivity contribution in [3.05, 3.63) is 6.57 Å². The summed E-state index contributed by atoms with van der Waals surface area (Å²) in [5.41, 5.74) is 0. The van der Waals surface area contributed by atoms with Crippen LogP contribution in [-0.2, 0) is 19.5 Å². The first kappa shape index (κ1) is 22.2. The van der Waals surface area contributed by atoms with E-state index in [1.165, 1.54) is 0 Å². The van der Waals surface area contributed by atoms with E-state index in [1.807, 2.05) is 0 Å². The zero-order chi connectivity index (χ0) is 2.00. The number of rotatable bonds is 0. The van der Waals surface area contributed by atoms with E-state index in [9.17, 15) is 0 Å². The van der Waals surface area contributed by atoms with Gasteiger partial charge in [-0.15, -0.1) is 0 Å². The Morgan fingerprint density at radius 3 is 1.25 bits per heavy atom. The SMILES string of the molecule is [C-]#N.[Li+].[Rh]. The molecular weight excluding hydrogens is 136 g/mol. The summed E-state index contributed by atoms with van der Waals surface area (Å²) in [4.78, 5) is 0. The van der Waals surface area contributed by atoms with Gasteiger partial charge >= 0.3 is 18.9 Å². The Labute approximate surface area is 50.3 Å². The third-order valence-electron chi connectivity index (χ3n) is 0. The molecule has 3 heteroatoms. The van der Waals surface area contributed by atoms with Crippen LogP contribution >= 0.6 is 0 Å². The third-order valence-corrected chi connectivity index (χ3v) is 0. The van der Waals surface area contributed by atoms with Crippen molar-refractivity contribution >= 4 is 0 Å². The first-order valence-corrected chi connectivity index (χ1v) is 0.224. The fourth-order valence-corrected chi connectivity index (χ4v) is 0. The standard InChI is InChI=1S/CN.Li.Rh/c1-2;;/q-1;+1;. The quantitative estimate of drug-likeness (QED) is 0.259. The summed E-state index contributed by atoms with van der Waals surface area (Å²) >= 11 is 0. The van der Waals surface area contributed by atoms with E-state index >= 15 is 0 Å². The van der Waals surface area contributed by atoms with Gasteiger partial charge < -0.3 is 11.8 Å². The minimum Gasteiger partial charge on any atom is -0.512 e. The van der Waals surface area contributed by atoms with E-state index in [1.54, 1.807) is 0 Å². The van der Waals surface area contributed by atoms with Gasteiger partial charge in [0.1, 0.15) is 0 Å². The second kappa shape index (κ2) is 54.0. The van der Waals surface area contributed by atoms with Crippen LogP contribution in [0.1, 0.15) is 0 Å². The molecule has 0 atom stereocenters. The van der Waals surface area contributed by atoms with Crippen molar-refractivity contribution in [2.75, 3.05) is 0 Å². The van der Waals surface area contributed by atoms with Crippen molar-refractivity contribution in [1.29, 1.82) is 5.26 Å². The molecule has 0 aliphatic carbocycles. The van der Waals surface area contributed by atoms with Crippen LogP contribution in [0.4, 0.5) is 0 Å². The van der Waals surface area contributed by atoms with Crippen LogP contribution in [0.2, 0.25) is 0 Å². The summed E-state index contributed by atoms with van der Waals surface area (Å²) < 4.78 is 0. The smallest absolute Gasteiger partial charge is 0.512 e. The molecule has 1 radical (unpaired) electrons. The molecule has 0 saturated carbocycles. The van der Waals surface area contributed by atoms with Crippen molar-refractivity contribution < 1.29 is 38.3 Å². The Hall–Kier alpha value is 0.711. The van der Waals surface area contributed by atoms with E-state index in [4.69, 9.17) is 11.8 Å². The van der Waals surface area contributed by atoms with Gasteiger partial charge in [0.05, 0.1) is 0 Å². The molecule has 0 aliphatic heterocycles. The van der Waals surface area contributed by atoms with Crippen molar-refractivity contribution in [1.82, 2.24) is 0 Å². The van der Waals surface area contributed by atoms with Crippen LogP contribution in [0.25, 0.3) is 0 Å². The Morgan fingerprint density at radius 1 is 1.25 bits per heavy atom. The second-order valence-electron chi connectivity index (χ2n) is 0. The van der Waals surface area contributed by atoms with Gasteiger partial charge in [-0.1, -0.05) is 0 Å². The molecular formula is CLiNRh. The summed E-state index contributed by atoms with van der Waals surface area (Å²) in [7, 11) is 0. The molecule has 0 aromatic carbocycles. The molecule has 0 saturated heterocycles. The monoisotopic (exact) mass is 136 g/mol. The molecule has 4 heavy (non-hydrogen) atoms. The average Bonchev–Trinajstić information content (AvgIpc) is 1.00. The van der Waals surface area contributed by atoms with Crippen molar-refractivity contribution in [2.24, 2.45) is 0 Å².